The molecule has 0 saturated heterocycles. The van der Waals surface area contributed by atoms with Crippen molar-refractivity contribution in [1.82, 2.24) is 0 Å². The maximum absolute atomic E-state index is 11.9. The van der Waals surface area contributed by atoms with Crippen LogP contribution in [0.2, 0.25) is 0 Å². The Bertz CT molecular complexity index is 244. The van der Waals surface area contributed by atoms with Gasteiger partial charge in [0.2, 0.25) is 0 Å². The van der Waals surface area contributed by atoms with Gasteiger partial charge in [0.1, 0.15) is 6.16 Å². The molecular formula is C10H21O5P. The van der Waals surface area contributed by atoms with Crippen molar-refractivity contribution in [3.63, 3.8) is 0 Å². The highest BCUT2D eigenvalue weighted by Crippen LogP contribution is 2.47. The van der Waals surface area contributed by atoms with Crippen molar-refractivity contribution < 1.29 is 23.1 Å². The van der Waals surface area contributed by atoms with E-state index in [1.165, 1.54) is 0 Å². The number of rotatable bonds is 8. The normalized spacial score (nSPS) is 13.5. The van der Waals surface area contributed by atoms with Crippen LogP contribution >= 0.6 is 7.60 Å². The lowest BCUT2D eigenvalue weighted by Crippen LogP contribution is -2.18. The van der Waals surface area contributed by atoms with Gasteiger partial charge in [-0.25, -0.2) is 0 Å². The fourth-order valence-corrected chi connectivity index (χ4v) is 2.46. The van der Waals surface area contributed by atoms with Crippen molar-refractivity contribution in [1.29, 1.82) is 0 Å². The molecule has 0 bridgehead atoms. The molecule has 0 aromatic rings. The first-order chi connectivity index (χ1) is 7.47. The molecule has 16 heavy (non-hydrogen) atoms. The third kappa shape index (κ3) is 6.26. The Labute approximate surface area is 97.0 Å². The number of ether oxygens (including phenoxy) is 1. The van der Waals surface area contributed by atoms with E-state index in [9.17, 15) is 9.36 Å². The molecule has 0 aliphatic rings. The summed E-state index contributed by atoms with van der Waals surface area (Å²) in [6.45, 7) is 7.58. The Kier molecular flexibility index (Phi) is 7.64. The predicted octanol–water partition coefficient (Wildman–Crippen LogP) is 2.59. The molecule has 0 radical (unpaired) electrons. The highest BCUT2D eigenvalue weighted by atomic mass is 31.2. The van der Waals surface area contributed by atoms with Crippen LogP contribution in [0.1, 0.15) is 34.1 Å². The zero-order chi connectivity index (χ0) is 12.6. The lowest BCUT2D eigenvalue weighted by molar-refractivity contribution is -0.145. The minimum atomic E-state index is -3.32. The van der Waals surface area contributed by atoms with Crippen molar-refractivity contribution >= 4 is 13.6 Å². The molecule has 0 aromatic heterocycles. The van der Waals surface area contributed by atoms with Gasteiger partial charge in [0, 0.05) is 0 Å². The summed E-state index contributed by atoms with van der Waals surface area (Å²) in [5, 5.41) is 0. The number of carbonyl (C=O) groups is 1. The summed E-state index contributed by atoms with van der Waals surface area (Å²) in [7, 11) is -3.32. The van der Waals surface area contributed by atoms with Crippen molar-refractivity contribution in [3.05, 3.63) is 0 Å². The van der Waals surface area contributed by atoms with Gasteiger partial charge in [0.25, 0.3) is 0 Å². The number of esters is 1. The molecule has 0 aliphatic carbocycles. The Morgan fingerprint density at radius 1 is 1.19 bits per heavy atom. The molecular weight excluding hydrogens is 231 g/mol. The van der Waals surface area contributed by atoms with E-state index < -0.39 is 13.6 Å². The molecule has 0 saturated carbocycles. The van der Waals surface area contributed by atoms with Crippen LogP contribution in [0.4, 0.5) is 0 Å². The second-order valence-electron chi connectivity index (χ2n) is 3.31. The summed E-state index contributed by atoms with van der Waals surface area (Å²) in [6.07, 6.45) is 0.224. The average molecular weight is 252 g/mol. The summed E-state index contributed by atoms with van der Waals surface area (Å²) in [5.41, 5.74) is 0. The molecule has 1 unspecified atom stereocenters. The van der Waals surface area contributed by atoms with Crippen LogP contribution < -0.4 is 0 Å². The zero-order valence-electron chi connectivity index (χ0n) is 10.4. The second-order valence-corrected chi connectivity index (χ2v) is 5.37. The highest BCUT2D eigenvalue weighted by Gasteiger charge is 2.29. The molecule has 0 amide bonds. The van der Waals surface area contributed by atoms with Crippen LogP contribution in [0.15, 0.2) is 0 Å². The topological polar surface area (TPSA) is 61.8 Å². The molecule has 0 aliphatic heterocycles. The van der Waals surface area contributed by atoms with Crippen LogP contribution in [-0.4, -0.2) is 31.4 Å². The summed E-state index contributed by atoms with van der Waals surface area (Å²) in [6, 6.07) is 0. The second kappa shape index (κ2) is 7.82. The molecule has 0 fully saturated rings. The Morgan fingerprint density at radius 3 is 2.06 bits per heavy atom. The molecule has 0 aromatic carbocycles. The van der Waals surface area contributed by atoms with E-state index in [0.717, 1.165) is 6.42 Å². The first-order valence-corrected chi connectivity index (χ1v) is 7.27. The molecule has 0 spiro atoms. The Morgan fingerprint density at radius 2 is 1.69 bits per heavy atom. The number of hydrogen-bond donors (Lipinski definition) is 0. The minimum absolute atomic E-state index is 0.177. The first kappa shape index (κ1) is 15.6. The zero-order valence-corrected chi connectivity index (χ0v) is 11.3. The molecule has 0 rings (SSSR count). The molecule has 0 N–H and O–H groups in total. The monoisotopic (exact) mass is 252 g/mol. The lowest BCUT2D eigenvalue weighted by Gasteiger charge is -2.17. The number of hydrogen-bond acceptors (Lipinski definition) is 5. The van der Waals surface area contributed by atoms with E-state index in [1.54, 1.807) is 20.8 Å². The van der Waals surface area contributed by atoms with Crippen LogP contribution in [0.25, 0.3) is 0 Å². The fourth-order valence-electron chi connectivity index (χ4n) is 1.03. The van der Waals surface area contributed by atoms with Gasteiger partial charge in [-0.2, -0.15) is 0 Å². The minimum Gasteiger partial charge on any atom is -0.462 e. The number of carbonyl (C=O) groups excluding carboxylic acids is 1. The summed E-state index contributed by atoms with van der Waals surface area (Å²) < 4.78 is 26.9. The van der Waals surface area contributed by atoms with Crippen LogP contribution in [-0.2, 0) is 23.1 Å². The first-order valence-electron chi connectivity index (χ1n) is 5.55. The van der Waals surface area contributed by atoms with E-state index >= 15 is 0 Å². The lowest BCUT2D eigenvalue weighted by atomic mass is 10.3. The van der Waals surface area contributed by atoms with Gasteiger partial charge < -0.3 is 13.8 Å². The largest absolute Gasteiger partial charge is 0.462 e. The van der Waals surface area contributed by atoms with Gasteiger partial charge in [0.15, 0.2) is 0 Å². The van der Waals surface area contributed by atoms with Crippen molar-refractivity contribution in [3.8, 4) is 0 Å². The van der Waals surface area contributed by atoms with Crippen LogP contribution in [0.3, 0.4) is 0 Å². The standard InChI is InChI=1S/C10H21O5P/c1-5-9(4)15-10(11)8-16(12,13-6-2)14-7-3/h9H,5-8H2,1-4H3. The quantitative estimate of drug-likeness (QED) is 0.491. The van der Waals surface area contributed by atoms with Crippen molar-refractivity contribution in [2.24, 2.45) is 0 Å². The van der Waals surface area contributed by atoms with E-state index in [1.807, 2.05) is 6.92 Å². The maximum Gasteiger partial charge on any atom is 0.341 e. The third-order valence-corrected chi connectivity index (χ3v) is 3.83. The van der Waals surface area contributed by atoms with Gasteiger partial charge in [-0.15, -0.1) is 0 Å². The molecule has 1 atom stereocenters. The van der Waals surface area contributed by atoms with Crippen LogP contribution in [0.5, 0.6) is 0 Å². The Balaban J connectivity index is 4.28. The summed E-state index contributed by atoms with van der Waals surface area (Å²) in [5.74, 6) is -0.542. The van der Waals surface area contributed by atoms with Crippen LogP contribution in [0, 0.1) is 0 Å². The van der Waals surface area contributed by atoms with Gasteiger partial charge in [-0.3, -0.25) is 9.36 Å². The molecule has 6 heteroatoms. The van der Waals surface area contributed by atoms with Gasteiger partial charge in [-0.1, -0.05) is 6.92 Å². The van der Waals surface area contributed by atoms with E-state index in [2.05, 4.69) is 0 Å². The molecule has 96 valence electrons. The smallest absolute Gasteiger partial charge is 0.341 e. The molecule has 5 nitrogen and oxygen atoms in total. The van der Waals surface area contributed by atoms with Crippen molar-refractivity contribution in [2.75, 3.05) is 19.4 Å². The average Bonchev–Trinajstić information content (AvgIpc) is 2.17. The SMILES string of the molecule is CCOP(=O)(CC(=O)OC(C)CC)OCC. The van der Waals surface area contributed by atoms with Gasteiger partial charge >= 0.3 is 13.6 Å². The van der Waals surface area contributed by atoms with Gasteiger partial charge in [0.05, 0.1) is 19.3 Å². The molecule has 0 heterocycles. The Hall–Kier alpha value is -0.380. The van der Waals surface area contributed by atoms with Crippen molar-refractivity contribution in [2.45, 2.75) is 40.2 Å². The third-order valence-electron chi connectivity index (χ3n) is 1.88. The van der Waals surface area contributed by atoms with Gasteiger partial charge in [-0.05, 0) is 27.2 Å². The summed E-state index contributed by atoms with van der Waals surface area (Å²) in [4.78, 5) is 11.4. The summed E-state index contributed by atoms with van der Waals surface area (Å²) >= 11 is 0. The van der Waals surface area contributed by atoms with E-state index in [-0.39, 0.29) is 25.5 Å². The van der Waals surface area contributed by atoms with E-state index in [0.29, 0.717) is 0 Å². The fraction of sp³-hybridized carbons (Fsp3) is 0.900. The van der Waals surface area contributed by atoms with E-state index in [4.69, 9.17) is 13.8 Å². The highest BCUT2D eigenvalue weighted by molar-refractivity contribution is 7.54. The predicted molar refractivity (Wildman–Crippen MR) is 61.6 cm³/mol. The maximum atomic E-state index is 11.9.